The van der Waals surface area contributed by atoms with Gasteiger partial charge in [-0.2, -0.15) is 0 Å². The summed E-state index contributed by atoms with van der Waals surface area (Å²) in [5.74, 6) is 0.788. The second-order valence-electron chi connectivity index (χ2n) is 3.73. The molecule has 0 N–H and O–H groups in total. The second kappa shape index (κ2) is 6.50. The minimum atomic E-state index is -0.253. The Morgan fingerprint density at radius 2 is 2.00 bits per heavy atom. The summed E-state index contributed by atoms with van der Waals surface area (Å²) in [6.45, 7) is 4.13. The van der Waals surface area contributed by atoms with Crippen LogP contribution in [0.3, 0.4) is 0 Å². The highest BCUT2D eigenvalue weighted by molar-refractivity contribution is 6.17. The van der Waals surface area contributed by atoms with E-state index in [9.17, 15) is 4.79 Å². The van der Waals surface area contributed by atoms with Gasteiger partial charge in [-0.15, -0.1) is 11.6 Å². The van der Waals surface area contributed by atoms with Gasteiger partial charge < -0.3 is 9.47 Å². The molecule has 4 heteroatoms. The summed E-state index contributed by atoms with van der Waals surface area (Å²) in [5.41, 5.74) is 2.77. The molecule has 0 bridgehead atoms. The predicted molar refractivity (Wildman–Crippen MR) is 67.6 cm³/mol. The van der Waals surface area contributed by atoms with Gasteiger partial charge in [0.15, 0.2) is 0 Å². The fourth-order valence-electron chi connectivity index (χ4n) is 1.79. The predicted octanol–water partition coefficient (Wildman–Crippen LogP) is 2.85. The van der Waals surface area contributed by atoms with E-state index in [-0.39, 0.29) is 12.4 Å². The number of methoxy groups -OCH3 is 1. The van der Waals surface area contributed by atoms with Gasteiger partial charge in [-0.3, -0.25) is 4.79 Å². The van der Waals surface area contributed by atoms with Crippen molar-refractivity contribution in [1.82, 2.24) is 0 Å². The standard InChI is InChI=1S/C13H17ClO3/c1-4-17-12(15)7-10-5-9(2)6-11(8-14)13(10)16-3/h5-6H,4,7-8H2,1-3H3. The highest BCUT2D eigenvalue weighted by Crippen LogP contribution is 2.27. The normalized spacial score (nSPS) is 10.1. The van der Waals surface area contributed by atoms with Crippen LogP contribution in [-0.2, 0) is 21.8 Å². The van der Waals surface area contributed by atoms with Gasteiger partial charge in [-0.05, 0) is 13.8 Å². The maximum atomic E-state index is 11.5. The van der Waals surface area contributed by atoms with Crippen molar-refractivity contribution in [3.63, 3.8) is 0 Å². The Kier molecular flexibility index (Phi) is 5.29. The smallest absolute Gasteiger partial charge is 0.310 e. The number of halogens is 1. The summed E-state index contributed by atoms with van der Waals surface area (Å²) in [5, 5.41) is 0. The van der Waals surface area contributed by atoms with Gasteiger partial charge in [-0.1, -0.05) is 17.7 Å². The fourth-order valence-corrected chi connectivity index (χ4v) is 1.99. The Morgan fingerprint density at radius 1 is 1.35 bits per heavy atom. The molecule has 1 aromatic rings. The van der Waals surface area contributed by atoms with Crippen LogP contribution in [0.25, 0.3) is 0 Å². The summed E-state index contributed by atoms with van der Waals surface area (Å²) in [6, 6.07) is 3.88. The van der Waals surface area contributed by atoms with Crippen molar-refractivity contribution in [2.45, 2.75) is 26.1 Å². The van der Waals surface area contributed by atoms with Gasteiger partial charge in [-0.25, -0.2) is 0 Å². The molecule has 17 heavy (non-hydrogen) atoms. The molecule has 0 atom stereocenters. The van der Waals surface area contributed by atoms with E-state index in [1.54, 1.807) is 14.0 Å². The molecule has 0 aliphatic rings. The topological polar surface area (TPSA) is 35.5 Å². The van der Waals surface area contributed by atoms with Crippen LogP contribution in [-0.4, -0.2) is 19.7 Å². The number of hydrogen-bond acceptors (Lipinski definition) is 3. The molecule has 0 amide bonds. The van der Waals surface area contributed by atoms with Crippen molar-refractivity contribution in [2.75, 3.05) is 13.7 Å². The lowest BCUT2D eigenvalue weighted by Crippen LogP contribution is -2.09. The van der Waals surface area contributed by atoms with Gasteiger partial charge in [0.1, 0.15) is 5.75 Å². The molecular formula is C13H17ClO3. The molecule has 0 radical (unpaired) electrons. The quantitative estimate of drug-likeness (QED) is 0.600. The van der Waals surface area contributed by atoms with Gasteiger partial charge >= 0.3 is 5.97 Å². The fraction of sp³-hybridized carbons (Fsp3) is 0.462. The van der Waals surface area contributed by atoms with Gasteiger partial charge in [0, 0.05) is 11.1 Å². The van der Waals surface area contributed by atoms with E-state index < -0.39 is 0 Å². The number of esters is 1. The first kappa shape index (κ1) is 13.8. The SMILES string of the molecule is CCOC(=O)Cc1cc(C)cc(CCl)c1OC. The van der Waals surface area contributed by atoms with Gasteiger partial charge in [0.05, 0.1) is 26.0 Å². The highest BCUT2D eigenvalue weighted by atomic mass is 35.5. The van der Waals surface area contributed by atoms with E-state index in [4.69, 9.17) is 21.1 Å². The van der Waals surface area contributed by atoms with Crippen LogP contribution in [0.2, 0.25) is 0 Å². The molecule has 0 saturated carbocycles. The number of benzene rings is 1. The van der Waals surface area contributed by atoms with Crippen molar-refractivity contribution in [3.8, 4) is 5.75 Å². The third-order valence-corrected chi connectivity index (χ3v) is 2.66. The van der Waals surface area contributed by atoms with E-state index in [1.807, 2.05) is 19.1 Å². The Bertz CT molecular complexity index is 402. The molecule has 0 fully saturated rings. The van der Waals surface area contributed by atoms with Crippen molar-refractivity contribution in [3.05, 3.63) is 28.8 Å². The van der Waals surface area contributed by atoms with Crippen molar-refractivity contribution in [2.24, 2.45) is 0 Å². The number of aryl methyl sites for hydroxylation is 1. The van der Waals surface area contributed by atoms with Crippen molar-refractivity contribution in [1.29, 1.82) is 0 Å². The van der Waals surface area contributed by atoms with E-state index in [1.165, 1.54) is 0 Å². The van der Waals surface area contributed by atoms with Crippen molar-refractivity contribution >= 4 is 17.6 Å². The Balaban J connectivity index is 3.04. The second-order valence-corrected chi connectivity index (χ2v) is 4.00. The van der Waals surface area contributed by atoms with Gasteiger partial charge in [0.2, 0.25) is 0 Å². The maximum Gasteiger partial charge on any atom is 0.310 e. The van der Waals surface area contributed by atoms with E-state index in [0.717, 1.165) is 16.7 Å². The third-order valence-electron chi connectivity index (χ3n) is 2.38. The van der Waals surface area contributed by atoms with Crippen LogP contribution in [0.1, 0.15) is 23.6 Å². The van der Waals surface area contributed by atoms with Crippen LogP contribution in [0, 0.1) is 6.92 Å². The lowest BCUT2D eigenvalue weighted by atomic mass is 10.0. The number of carbonyl (C=O) groups is 1. The molecule has 0 saturated heterocycles. The molecule has 94 valence electrons. The molecule has 1 rings (SSSR count). The zero-order valence-corrected chi connectivity index (χ0v) is 11.1. The Labute approximate surface area is 107 Å². The van der Waals surface area contributed by atoms with Crippen LogP contribution in [0.15, 0.2) is 12.1 Å². The van der Waals surface area contributed by atoms with Crippen LogP contribution >= 0.6 is 11.6 Å². The molecule has 0 aliphatic carbocycles. The maximum absolute atomic E-state index is 11.5. The van der Waals surface area contributed by atoms with Crippen LogP contribution < -0.4 is 4.74 Å². The first-order valence-corrected chi connectivity index (χ1v) is 6.03. The minimum Gasteiger partial charge on any atom is -0.496 e. The lowest BCUT2D eigenvalue weighted by molar-refractivity contribution is -0.142. The number of carbonyl (C=O) groups excluding carboxylic acids is 1. The molecule has 0 aromatic heterocycles. The summed E-state index contributed by atoms with van der Waals surface area (Å²) < 4.78 is 10.2. The number of alkyl halides is 1. The molecule has 0 unspecified atom stereocenters. The van der Waals surface area contributed by atoms with Gasteiger partial charge in [0.25, 0.3) is 0 Å². The highest BCUT2D eigenvalue weighted by Gasteiger charge is 2.13. The number of ether oxygens (including phenoxy) is 2. The first-order chi connectivity index (χ1) is 8.12. The minimum absolute atomic E-state index is 0.211. The molecule has 0 aliphatic heterocycles. The summed E-state index contributed by atoms with van der Waals surface area (Å²) in [6.07, 6.45) is 0.211. The average molecular weight is 257 g/mol. The lowest BCUT2D eigenvalue weighted by Gasteiger charge is -2.13. The number of rotatable bonds is 5. The van der Waals surface area contributed by atoms with E-state index in [2.05, 4.69) is 0 Å². The summed E-state index contributed by atoms with van der Waals surface area (Å²) in [4.78, 5) is 11.5. The molecule has 3 nitrogen and oxygen atoms in total. The average Bonchev–Trinajstić information content (AvgIpc) is 2.28. The molecule has 0 spiro atoms. The van der Waals surface area contributed by atoms with E-state index >= 15 is 0 Å². The van der Waals surface area contributed by atoms with Crippen molar-refractivity contribution < 1.29 is 14.3 Å². The largest absolute Gasteiger partial charge is 0.496 e. The zero-order valence-electron chi connectivity index (χ0n) is 10.4. The Hall–Kier alpha value is -1.22. The van der Waals surface area contributed by atoms with Crippen LogP contribution in [0.4, 0.5) is 0 Å². The first-order valence-electron chi connectivity index (χ1n) is 5.50. The van der Waals surface area contributed by atoms with Crippen LogP contribution in [0.5, 0.6) is 5.75 Å². The summed E-state index contributed by atoms with van der Waals surface area (Å²) in [7, 11) is 1.58. The van der Waals surface area contributed by atoms with E-state index in [0.29, 0.717) is 18.2 Å². The summed E-state index contributed by atoms with van der Waals surface area (Å²) >= 11 is 5.86. The molecular weight excluding hydrogens is 240 g/mol. The molecule has 0 heterocycles. The molecule has 1 aromatic carbocycles. The number of hydrogen-bond donors (Lipinski definition) is 0. The Morgan fingerprint density at radius 3 is 2.53 bits per heavy atom. The zero-order chi connectivity index (χ0) is 12.8. The third kappa shape index (κ3) is 3.63. The monoisotopic (exact) mass is 256 g/mol.